The van der Waals surface area contributed by atoms with Crippen molar-refractivity contribution in [1.82, 2.24) is 4.72 Å². The van der Waals surface area contributed by atoms with Gasteiger partial charge in [0.25, 0.3) is 0 Å². The van der Waals surface area contributed by atoms with E-state index in [9.17, 15) is 21.6 Å². The van der Waals surface area contributed by atoms with Crippen molar-refractivity contribution < 1.29 is 21.6 Å². The third kappa shape index (κ3) is 4.18. The van der Waals surface area contributed by atoms with Gasteiger partial charge in [-0.15, -0.1) is 0 Å². The Morgan fingerprint density at radius 1 is 1.24 bits per heavy atom. The zero-order chi connectivity index (χ0) is 16.4. The van der Waals surface area contributed by atoms with Gasteiger partial charge in [-0.2, -0.15) is 0 Å². The highest BCUT2D eigenvalue weighted by Crippen LogP contribution is 2.23. The Bertz CT molecular complexity index is 620. The first kappa shape index (κ1) is 17.9. The van der Waals surface area contributed by atoms with Crippen LogP contribution >= 0.6 is 0 Å². The van der Waals surface area contributed by atoms with E-state index in [2.05, 4.69) is 4.72 Å². The Kier molecular flexibility index (Phi) is 5.40. The quantitative estimate of drug-likeness (QED) is 0.788. The summed E-state index contributed by atoms with van der Waals surface area (Å²) in [6.45, 7) is 5.30. The minimum Gasteiger partial charge on any atom is -0.329 e. The van der Waals surface area contributed by atoms with Gasteiger partial charge in [0.2, 0.25) is 10.0 Å². The van der Waals surface area contributed by atoms with E-state index in [0.29, 0.717) is 18.6 Å². The molecule has 0 aliphatic rings. The molecule has 0 radical (unpaired) electrons. The Hall–Kier alpha value is -1.12. The summed E-state index contributed by atoms with van der Waals surface area (Å²) < 4.78 is 66.3. The molecule has 0 bridgehead atoms. The lowest BCUT2D eigenvalue weighted by Gasteiger charge is -2.30. The monoisotopic (exact) mass is 324 g/mol. The number of nitrogens with two attached hydrogens (primary N) is 1. The van der Waals surface area contributed by atoms with Crippen LogP contribution in [-0.2, 0) is 10.0 Å². The largest absolute Gasteiger partial charge is 0.329 e. The molecule has 0 aliphatic heterocycles. The molecule has 8 heteroatoms. The fourth-order valence-electron chi connectivity index (χ4n) is 2.16. The second-order valence-electron chi connectivity index (χ2n) is 5.64. The molecule has 3 N–H and O–H groups in total. The SMILES string of the molecule is CC(C)CC(C)(CN)NS(=O)(=O)c1ccc(F)c(F)c1F. The second kappa shape index (κ2) is 6.33. The number of sulfonamides is 1. The molecule has 1 atom stereocenters. The summed E-state index contributed by atoms with van der Waals surface area (Å²) in [5.74, 6) is -4.88. The van der Waals surface area contributed by atoms with E-state index in [-0.39, 0.29) is 12.5 Å². The standard InChI is InChI=1S/C13H19F3N2O2S/c1-8(2)6-13(3,7-17)18-21(19,20)10-5-4-9(14)11(15)12(10)16/h4-5,8,18H,6-7,17H2,1-3H3. The van der Waals surface area contributed by atoms with Gasteiger partial charge in [0.05, 0.1) is 0 Å². The van der Waals surface area contributed by atoms with E-state index < -0.39 is 37.9 Å². The van der Waals surface area contributed by atoms with Crippen molar-refractivity contribution in [2.75, 3.05) is 6.54 Å². The molecular formula is C13H19F3N2O2S. The van der Waals surface area contributed by atoms with Crippen LogP contribution in [0.3, 0.4) is 0 Å². The van der Waals surface area contributed by atoms with Crippen LogP contribution in [-0.4, -0.2) is 20.5 Å². The molecule has 0 fully saturated rings. The highest BCUT2D eigenvalue weighted by Gasteiger charge is 2.32. The van der Waals surface area contributed by atoms with Crippen LogP contribution in [0, 0.1) is 23.4 Å². The van der Waals surface area contributed by atoms with Crippen LogP contribution in [0.4, 0.5) is 13.2 Å². The van der Waals surface area contributed by atoms with E-state index in [1.807, 2.05) is 13.8 Å². The molecule has 0 heterocycles. The number of rotatable bonds is 6. The number of hydrogen-bond donors (Lipinski definition) is 2. The number of hydrogen-bond acceptors (Lipinski definition) is 3. The summed E-state index contributed by atoms with van der Waals surface area (Å²) in [5.41, 5.74) is 4.57. The Labute approximate surface area is 122 Å². The molecular weight excluding hydrogens is 305 g/mol. The smallest absolute Gasteiger partial charge is 0.244 e. The van der Waals surface area contributed by atoms with Gasteiger partial charge in [-0.25, -0.2) is 26.3 Å². The molecule has 120 valence electrons. The maximum Gasteiger partial charge on any atom is 0.244 e. The van der Waals surface area contributed by atoms with Crippen molar-refractivity contribution in [1.29, 1.82) is 0 Å². The molecule has 1 aromatic carbocycles. The Morgan fingerprint density at radius 2 is 1.81 bits per heavy atom. The predicted octanol–water partition coefficient (Wildman–Crippen LogP) is 2.15. The average molecular weight is 324 g/mol. The summed E-state index contributed by atoms with van der Waals surface area (Å²) in [7, 11) is -4.36. The maximum atomic E-state index is 13.6. The molecule has 0 saturated carbocycles. The van der Waals surface area contributed by atoms with Crippen molar-refractivity contribution in [3.63, 3.8) is 0 Å². The third-order valence-electron chi connectivity index (χ3n) is 2.98. The predicted molar refractivity (Wildman–Crippen MR) is 73.6 cm³/mol. The molecule has 1 unspecified atom stereocenters. The van der Waals surface area contributed by atoms with E-state index in [4.69, 9.17) is 5.73 Å². The first-order chi connectivity index (χ1) is 9.52. The Balaban J connectivity index is 3.21. The van der Waals surface area contributed by atoms with Gasteiger partial charge < -0.3 is 5.73 Å². The fraction of sp³-hybridized carbons (Fsp3) is 0.538. The number of halogens is 3. The van der Waals surface area contributed by atoms with Gasteiger partial charge in [0, 0.05) is 12.1 Å². The first-order valence-corrected chi connectivity index (χ1v) is 7.88. The molecule has 0 spiro atoms. The van der Waals surface area contributed by atoms with Crippen LogP contribution in [0.25, 0.3) is 0 Å². The van der Waals surface area contributed by atoms with E-state index in [0.717, 1.165) is 0 Å². The van der Waals surface area contributed by atoms with Gasteiger partial charge >= 0.3 is 0 Å². The number of nitrogens with one attached hydrogen (secondary N) is 1. The fourth-order valence-corrected chi connectivity index (χ4v) is 3.66. The van der Waals surface area contributed by atoms with Gasteiger partial charge in [-0.05, 0) is 31.4 Å². The highest BCUT2D eigenvalue weighted by atomic mass is 32.2. The molecule has 21 heavy (non-hydrogen) atoms. The third-order valence-corrected chi connectivity index (χ3v) is 4.64. The minimum absolute atomic E-state index is 0.0181. The van der Waals surface area contributed by atoms with Crippen LogP contribution in [0.5, 0.6) is 0 Å². The lowest BCUT2D eigenvalue weighted by Crippen LogP contribution is -2.52. The summed E-state index contributed by atoms with van der Waals surface area (Å²) in [4.78, 5) is -0.940. The molecule has 0 aliphatic carbocycles. The van der Waals surface area contributed by atoms with Gasteiger partial charge in [-0.3, -0.25) is 0 Å². The van der Waals surface area contributed by atoms with Crippen LogP contribution < -0.4 is 10.5 Å². The van der Waals surface area contributed by atoms with Crippen LogP contribution in [0.1, 0.15) is 27.2 Å². The van der Waals surface area contributed by atoms with Gasteiger partial charge in [-0.1, -0.05) is 13.8 Å². The normalized spacial score (nSPS) is 15.2. The summed E-state index contributed by atoms with van der Waals surface area (Å²) >= 11 is 0. The van der Waals surface area contributed by atoms with Gasteiger partial charge in [0.15, 0.2) is 17.5 Å². The van der Waals surface area contributed by atoms with E-state index in [1.54, 1.807) is 6.92 Å². The Morgan fingerprint density at radius 3 is 2.29 bits per heavy atom. The first-order valence-electron chi connectivity index (χ1n) is 6.40. The van der Waals surface area contributed by atoms with Crippen molar-refractivity contribution >= 4 is 10.0 Å². The highest BCUT2D eigenvalue weighted by molar-refractivity contribution is 7.89. The maximum absolute atomic E-state index is 13.6. The van der Waals surface area contributed by atoms with Gasteiger partial charge in [0.1, 0.15) is 4.90 Å². The lowest BCUT2D eigenvalue weighted by molar-refractivity contribution is 0.343. The van der Waals surface area contributed by atoms with Crippen molar-refractivity contribution in [2.45, 2.75) is 37.6 Å². The van der Waals surface area contributed by atoms with E-state index in [1.165, 1.54) is 0 Å². The molecule has 0 aromatic heterocycles. The zero-order valence-corrected chi connectivity index (χ0v) is 12.9. The van der Waals surface area contributed by atoms with Crippen molar-refractivity contribution in [2.24, 2.45) is 11.7 Å². The lowest BCUT2D eigenvalue weighted by atomic mass is 9.92. The summed E-state index contributed by atoms with van der Waals surface area (Å²) in [6.07, 6.45) is 0.411. The van der Waals surface area contributed by atoms with E-state index >= 15 is 0 Å². The molecule has 1 aromatic rings. The van der Waals surface area contributed by atoms with Crippen LogP contribution in [0.15, 0.2) is 17.0 Å². The topological polar surface area (TPSA) is 72.2 Å². The van der Waals surface area contributed by atoms with Crippen molar-refractivity contribution in [3.05, 3.63) is 29.6 Å². The molecule has 4 nitrogen and oxygen atoms in total. The molecule has 0 amide bonds. The number of benzene rings is 1. The second-order valence-corrected chi connectivity index (χ2v) is 7.29. The zero-order valence-electron chi connectivity index (χ0n) is 12.1. The molecule has 0 saturated heterocycles. The summed E-state index contributed by atoms with van der Waals surface area (Å²) in [6, 6.07) is 1.25. The summed E-state index contributed by atoms with van der Waals surface area (Å²) in [5, 5.41) is 0. The van der Waals surface area contributed by atoms with Crippen LogP contribution in [0.2, 0.25) is 0 Å². The average Bonchev–Trinajstić information content (AvgIpc) is 2.34. The minimum atomic E-state index is -4.36. The molecule has 1 rings (SSSR count). The van der Waals surface area contributed by atoms with Crippen molar-refractivity contribution in [3.8, 4) is 0 Å².